The number of rotatable bonds is 3. The quantitative estimate of drug-likeness (QED) is 0.922. The van der Waals surface area contributed by atoms with Crippen molar-refractivity contribution in [2.45, 2.75) is 19.4 Å². The second-order valence-electron chi connectivity index (χ2n) is 4.16. The first-order valence-electron chi connectivity index (χ1n) is 5.61. The number of aliphatic hydroxyl groups excluding tert-OH is 1. The van der Waals surface area contributed by atoms with Crippen molar-refractivity contribution in [2.24, 2.45) is 0 Å². The fraction of sp³-hybridized carbons (Fsp3) is 0.214. The molecule has 94 valence electrons. The van der Waals surface area contributed by atoms with Crippen LogP contribution in [0.2, 0.25) is 5.02 Å². The molecule has 0 fully saturated rings. The van der Waals surface area contributed by atoms with Crippen molar-refractivity contribution in [1.29, 1.82) is 0 Å². The lowest BCUT2D eigenvalue weighted by molar-refractivity contribution is 0.177. The first-order valence-corrected chi connectivity index (χ1v) is 5.99. The molecule has 18 heavy (non-hydrogen) atoms. The van der Waals surface area contributed by atoms with Crippen LogP contribution in [-0.2, 0) is 6.42 Å². The van der Waals surface area contributed by atoms with Gasteiger partial charge in [0.1, 0.15) is 5.82 Å². The number of pyridine rings is 1. The summed E-state index contributed by atoms with van der Waals surface area (Å²) in [5, 5.41) is 10.1. The molecule has 2 aromatic rings. The monoisotopic (exact) mass is 265 g/mol. The van der Waals surface area contributed by atoms with E-state index in [1.807, 2.05) is 19.1 Å². The van der Waals surface area contributed by atoms with Crippen molar-refractivity contribution < 1.29 is 9.50 Å². The molecule has 4 heteroatoms. The van der Waals surface area contributed by atoms with Crippen LogP contribution in [0, 0.1) is 12.7 Å². The lowest BCUT2D eigenvalue weighted by atomic mass is 10.0. The highest BCUT2D eigenvalue weighted by Gasteiger charge is 2.12. The predicted molar refractivity (Wildman–Crippen MR) is 69.0 cm³/mol. The molecule has 0 saturated carbocycles. The van der Waals surface area contributed by atoms with Crippen molar-refractivity contribution in [2.75, 3.05) is 0 Å². The van der Waals surface area contributed by atoms with Gasteiger partial charge in [-0.1, -0.05) is 23.7 Å². The number of benzene rings is 1. The number of hydrogen-bond acceptors (Lipinski definition) is 2. The van der Waals surface area contributed by atoms with E-state index in [1.54, 1.807) is 6.20 Å². The number of halogens is 2. The van der Waals surface area contributed by atoms with Gasteiger partial charge < -0.3 is 5.11 Å². The maximum absolute atomic E-state index is 13.0. The summed E-state index contributed by atoms with van der Waals surface area (Å²) in [6, 6.07) is 8.02. The number of aryl methyl sites for hydroxylation is 1. The highest BCUT2D eigenvalue weighted by atomic mass is 35.5. The van der Waals surface area contributed by atoms with E-state index >= 15 is 0 Å². The van der Waals surface area contributed by atoms with E-state index in [2.05, 4.69) is 4.98 Å². The molecule has 0 bridgehead atoms. The summed E-state index contributed by atoms with van der Waals surface area (Å²) >= 11 is 5.69. The highest BCUT2D eigenvalue weighted by Crippen LogP contribution is 2.23. The zero-order valence-electron chi connectivity index (χ0n) is 9.90. The molecular formula is C14H13ClFNO. The predicted octanol–water partition coefficient (Wildman–Crippen LogP) is 3.46. The van der Waals surface area contributed by atoms with E-state index in [4.69, 9.17) is 11.6 Å². The third kappa shape index (κ3) is 2.86. The topological polar surface area (TPSA) is 33.1 Å². The average Bonchev–Trinajstić information content (AvgIpc) is 2.35. The van der Waals surface area contributed by atoms with Crippen LogP contribution in [0.4, 0.5) is 4.39 Å². The Balaban J connectivity index is 2.19. The van der Waals surface area contributed by atoms with Crippen LogP contribution in [0.3, 0.4) is 0 Å². The Morgan fingerprint density at radius 1 is 1.39 bits per heavy atom. The summed E-state index contributed by atoms with van der Waals surface area (Å²) in [6.45, 7) is 1.94. The molecule has 0 spiro atoms. The van der Waals surface area contributed by atoms with Gasteiger partial charge in [0.2, 0.25) is 0 Å². The second kappa shape index (κ2) is 5.46. The van der Waals surface area contributed by atoms with Gasteiger partial charge in [-0.05, 0) is 36.2 Å². The minimum Gasteiger partial charge on any atom is -0.388 e. The molecule has 1 unspecified atom stereocenters. The first kappa shape index (κ1) is 13.0. The molecule has 1 atom stereocenters. The van der Waals surface area contributed by atoms with Crippen molar-refractivity contribution >= 4 is 11.6 Å². The summed E-state index contributed by atoms with van der Waals surface area (Å²) in [4.78, 5) is 4.22. The lowest BCUT2D eigenvalue weighted by Gasteiger charge is -2.12. The molecule has 0 radical (unpaired) electrons. The van der Waals surface area contributed by atoms with Gasteiger partial charge in [0.05, 0.1) is 11.1 Å². The molecule has 1 heterocycles. The maximum Gasteiger partial charge on any atom is 0.141 e. The van der Waals surface area contributed by atoms with Gasteiger partial charge in [-0.25, -0.2) is 4.39 Å². The van der Waals surface area contributed by atoms with Gasteiger partial charge in [-0.3, -0.25) is 4.98 Å². The molecule has 0 saturated heterocycles. The molecule has 1 aromatic heterocycles. The third-order valence-electron chi connectivity index (χ3n) is 2.83. The lowest BCUT2D eigenvalue weighted by Crippen LogP contribution is -2.05. The largest absolute Gasteiger partial charge is 0.388 e. The van der Waals surface area contributed by atoms with Crippen LogP contribution in [0.5, 0.6) is 0 Å². The Morgan fingerprint density at radius 3 is 2.83 bits per heavy atom. The fourth-order valence-corrected chi connectivity index (χ4v) is 1.94. The summed E-state index contributed by atoms with van der Waals surface area (Å²) in [5.41, 5.74) is 2.43. The van der Waals surface area contributed by atoms with E-state index in [0.29, 0.717) is 12.0 Å². The van der Waals surface area contributed by atoms with Gasteiger partial charge in [0.25, 0.3) is 0 Å². The van der Waals surface area contributed by atoms with Gasteiger partial charge in [-0.2, -0.15) is 0 Å². The molecule has 0 aliphatic rings. The standard InChI is InChI=1S/C14H13ClFNO/c1-9-3-2-6-17-13(9)8-14(18)10-4-5-12(16)11(15)7-10/h2-7,14,18H,8H2,1H3. The van der Waals surface area contributed by atoms with Gasteiger partial charge in [0, 0.05) is 18.3 Å². The number of aromatic nitrogens is 1. The molecule has 2 rings (SSSR count). The van der Waals surface area contributed by atoms with Crippen LogP contribution in [0.1, 0.15) is 22.9 Å². The summed E-state index contributed by atoms with van der Waals surface area (Å²) in [5.74, 6) is -0.485. The zero-order chi connectivity index (χ0) is 13.1. The van der Waals surface area contributed by atoms with E-state index in [-0.39, 0.29) is 5.02 Å². The van der Waals surface area contributed by atoms with Crippen molar-refractivity contribution in [1.82, 2.24) is 4.98 Å². The van der Waals surface area contributed by atoms with E-state index in [9.17, 15) is 9.50 Å². The van der Waals surface area contributed by atoms with Crippen molar-refractivity contribution in [3.63, 3.8) is 0 Å². The van der Waals surface area contributed by atoms with E-state index < -0.39 is 11.9 Å². The van der Waals surface area contributed by atoms with Crippen LogP contribution >= 0.6 is 11.6 Å². The van der Waals surface area contributed by atoms with Crippen LogP contribution in [0.15, 0.2) is 36.5 Å². The SMILES string of the molecule is Cc1cccnc1CC(O)c1ccc(F)c(Cl)c1. The molecule has 0 amide bonds. The third-order valence-corrected chi connectivity index (χ3v) is 3.12. The first-order chi connectivity index (χ1) is 8.58. The summed E-state index contributed by atoms with van der Waals surface area (Å²) < 4.78 is 13.0. The van der Waals surface area contributed by atoms with Crippen molar-refractivity contribution in [3.8, 4) is 0 Å². The fourth-order valence-electron chi connectivity index (χ4n) is 1.75. The molecule has 0 aliphatic heterocycles. The molecular weight excluding hydrogens is 253 g/mol. The Hall–Kier alpha value is -1.45. The zero-order valence-corrected chi connectivity index (χ0v) is 10.7. The van der Waals surface area contributed by atoms with Crippen molar-refractivity contribution in [3.05, 3.63) is 64.2 Å². The minimum absolute atomic E-state index is 0.0179. The van der Waals surface area contributed by atoms with Gasteiger partial charge >= 0.3 is 0 Å². The Morgan fingerprint density at radius 2 is 2.17 bits per heavy atom. The van der Waals surface area contributed by atoms with Crippen LogP contribution < -0.4 is 0 Å². The maximum atomic E-state index is 13.0. The van der Waals surface area contributed by atoms with Gasteiger partial charge in [0.15, 0.2) is 0 Å². The smallest absolute Gasteiger partial charge is 0.141 e. The molecule has 0 aliphatic carbocycles. The Kier molecular flexibility index (Phi) is 3.94. The second-order valence-corrected chi connectivity index (χ2v) is 4.57. The normalized spacial score (nSPS) is 12.4. The van der Waals surface area contributed by atoms with E-state index in [0.717, 1.165) is 11.3 Å². The summed E-state index contributed by atoms with van der Waals surface area (Å²) in [6.07, 6.45) is 1.33. The number of nitrogens with zero attached hydrogens (tertiary/aromatic N) is 1. The Bertz CT molecular complexity index is 559. The number of hydrogen-bond donors (Lipinski definition) is 1. The minimum atomic E-state index is -0.739. The van der Waals surface area contributed by atoms with Crippen LogP contribution in [0.25, 0.3) is 0 Å². The molecule has 1 aromatic carbocycles. The Labute approximate surface area is 110 Å². The molecule has 2 nitrogen and oxygen atoms in total. The van der Waals surface area contributed by atoms with Crippen LogP contribution in [-0.4, -0.2) is 10.1 Å². The summed E-state index contributed by atoms with van der Waals surface area (Å²) in [7, 11) is 0. The van der Waals surface area contributed by atoms with Gasteiger partial charge in [-0.15, -0.1) is 0 Å². The number of aliphatic hydroxyl groups is 1. The van der Waals surface area contributed by atoms with E-state index in [1.165, 1.54) is 18.2 Å². The molecule has 1 N–H and O–H groups in total. The highest BCUT2D eigenvalue weighted by molar-refractivity contribution is 6.30. The average molecular weight is 266 g/mol.